The second-order valence-corrected chi connectivity index (χ2v) is 7.71. The molecule has 0 radical (unpaired) electrons. The Morgan fingerprint density at radius 1 is 0.333 bits per heavy atom. The van der Waals surface area contributed by atoms with Crippen molar-refractivity contribution < 1.29 is 0 Å². The Bertz CT molecular complexity index is 228. The van der Waals surface area contributed by atoms with Gasteiger partial charge in [-0.3, -0.25) is 0 Å². The van der Waals surface area contributed by atoms with Crippen LogP contribution in [-0.4, -0.2) is 0 Å². The van der Waals surface area contributed by atoms with Gasteiger partial charge in [0.1, 0.15) is 0 Å². The number of allylic oxidation sites excluding steroid dienone is 2. The van der Waals surface area contributed by atoms with E-state index in [2.05, 4.69) is 26.0 Å². The van der Waals surface area contributed by atoms with Gasteiger partial charge in [0.05, 0.1) is 0 Å². The lowest BCUT2D eigenvalue weighted by molar-refractivity contribution is 0.545. The second kappa shape index (κ2) is 22.7. The summed E-state index contributed by atoms with van der Waals surface area (Å²) in [6.45, 7) is 4.59. The van der Waals surface area contributed by atoms with Gasteiger partial charge in [-0.2, -0.15) is 0 Å². The highest BCUT2D eigenvalue weighted by Crippen LogP contribution is 2.13. The summed E-state index contributed by atoms with van der Waals surface area (Å²) in [5, 5.41) is 0. The molecule has 144 valence electrons. The lowest BCUT2D eigenvalue weighted by Gasteiger charge is -2.02. The molecule has 0 nitrogen and oxygen atoms in total. The molecule has 0 fully saturated rings. The molecule has 0 saturated heterocycles. The van der Waals surface area contributed by atoms with Crippen LogP contribution < -0.4 is 0 Å². The zero-order chi connectivity index (χ0) is 17.6. The molecule has 0 aromatic carbocycles. The maximum absolute atomic E-state index is 2.43. The Kier molecular flexibility index (Phi) is 22.5. The minimum Gasteiger partial charge on any atom is -0.0885 e. The molecule has 0 bridgehead atoms. The number of unbranched alkanes of at least 4 members (excludes halogenated alkanes) is 18. The summed E-state index contributed by atoms with van der Waals surface area (Å²) in [5.74, 6) is 0. The molecule has 0 aliphatic rings. The Morgan fingerprint density at radius 2 is 0.583 bits per heavy atom. The minimum atomic E-state index is 1.31. The van der Waals surface area contributed by atoms with Gasteiger partial charge in [0.2, 0.25) is 0 Å². The SMILES string of the molecule is CCCCCCCC/C=C\CCCCCCCCCCCCCC. The molecule has 0 aliphatic carbocycles. The predicted octanol–water partition coefficient (Wildman–Crippen LogP) is 9.38. The smallest absolute Gasteiger partial charge is 0.0351 e. The summed E-state index contributed by atoms with van der Waals surface area (Å²) >= 11 is 0. The molecule has 0 aromatic rings. The van der Waals surface area contributed by atoms with Gasteiger partial charge < -0.3 is 0 Å². The molecule has 0 spiro atoms. The van der Waals surface area contributed by atoms with Crippen molar-refractivity contribution in [1.29, 1.82) is 0 Å². The van der Waals surface area contributed by atoms with Crippen LogP contribution >= 0.6 is 0 Å². The number of rotatable bonds is 20. The van der Waals surface area contributed by atoms with Crippen LogP contribution in [0.15, 0.2) is 12.2 Å². The first kappa shape index (κ1) is 23.7. The highest BCUT2D eigenvalue weighted by atomic mass is 14.0. The van der Waals surface area contributed by atoms with E-state index in [0.717, 1.165) is 0 Å². The quantitative estimate of drug-likeness (QED) is 0.153. The minimum absolute atomic E-state index is 1.31. The van der Waals surface area contributed by atoms with E-state index in [0.29, 0.717) is 0 Å². The van der Waals surface area contributed by atoms with Crippen LogP contribution in [0.5, 0.6) is 0 Å². The van der Waals surface area contributed by atoms with Gasteiger partial charge >= 0.3 is 0 Å². The van der Waals surface area contributed by atoms with E-state index in [9.17, 15) is 0 Å². The molecule has 0 atom stereocenters. The van der Waals surface area contributed by atoms with Crippen LogP contribution in [0, 0.1) is 0 Å². The summed E-state index contributed by atoms with van der Waals surface area (Å²) in [7, 11) is 0. The van der Waals surface area contributed by atoms with E-state index in [1.807, 2.05) is 0 Å². The summed E-state index contributed by atoms with van der Waals surface area (Å²) in [4.78, 5) is 0. The number of hydrogen-bond donors (Lipinski definition) is 0. The predicted molar refractivity (Wildman–Crippen MR) is 113 cm³/mol. The summed E-state index contributed by atoms with van der Waals surface area (Å²) in [6, 6.07) is 0. The van der Waals surface area contributed by atoms with Gasteiger partial charge in [0.15, 0.2) is 0 Å². The van der Waals surface area contributed by atoms with Crippen molar-refractivity contribution in [3.05, 3.63) is 12.2 Å². The first-order chi connectivity index (χ1) is 11.9. The van der Waals surface area contributed by atoms with Crippen LogP contribution in [0.25, 0.3) is 0 Å². The molecule has 0 heteroatoms. The molecule has 0 heterocycles. The third-order valence-electron chi connectivity index (χ3n) is 5.12. The molecule has 0 aliphatic heterocycles. The topological polar surface area (TPSA) is 0 Å². The van der Waals surface area contributed by atoms with Crippen molar-refractivity contribution in [3.8, 4) is 0 Å². The molecule has 0 unspecified atom stereocenters. The highest BCUT2D eigenvalue weighted by molar-refractivity contribution is 4.81. The summed E-state index contributed by atoms with van der Waals surface area (Å²) in [6.07, 6.45) is 33.4. The highest BCUT2D eigenvalue weighted by Gasteiger charge is 1.93. The van der Waals surface area contributed by atoms with Crippen molar-refractivity contribution in [3.63, 3.8) is 0 Å². The van der Waals surface area contributed by atoms with E-state index in [-0.39, 0.29) is 0 Å². The molecule has 0 aromatic heterocycles. The van der Waals surface area contributed by atoms with Gasteiger partial charge in [-0.05, 0) is 25.7 Å². The molecule has 0 saturated carbocycles. The number of hydrogen-bond acceptors (Lipinski definition) is 0. The van der Waals surface area contributed by atoms with Crippen LogP contribution in [0.1, 0.15) is 142 Å². The fourth-order valence-corrected chi connectivity index (χ4v) is 3.38. The van der Waals surface area contributed by atoms with Crippen molar-refractivity contribution in [2.45, 2.75) is 142 Å². The standard InChI is InChI=1S/C24H48/c1-3-5-7-9-11-13-15-17-19-21-23-24-22-20-18-16-14-12-10-8-6-4-2/h17,19H,3-16,18,20-24H2,1-2H3/b19-17-. The van der Waals surface area contributed by atoms with Gasteiger partial charge in [0, 0.05) is 0 Å². The average molecular weight is 337 g/mol. The Hall–Kier alpha value is -0.260. The first-order valence-corrected chi connectivity index (χ1v) is 11.6. The van der Waals surface area contributed by atoms with Crippen LogP contribution in [-0.2, 0) is 0 Å². The lowest BCUT2D eigenvalue weighted by atomic mass is 10.0. The van der Waals surface area contributed by atoms with Crippen molar-refractivity contribution in [1.82, 2.24) is 0 Å². The molecule has 0 rings (SSSR count). The van der Waals surface area contributed by atoms with E-state index in [4.69, 9.17) is 0 Å². The zero-order valence-corrected chi connectivity index (χ0v) is 17.3. The Labute approximate surface area is 154 Å². The monoisotopic (exact) mass is 336 g/mol. The molecular formula is C24H48. The Balaban J connectivity index is 3.03. The van der Waals surface area contributed by atoms with Gasteiger partial charge in [0.25, 0.3) is 0 Å². The molecular weight excluding hydrogens is 288 g/mol. The summed E-state index contributed by atoms with van der Waals surface area (Å²) < 4.78 is 0. The maximum Gasteiger partial charge on any atom is -0.0351 e. The zero-order valence-electron chi connectivity index (χ0n) is 17.3. The molecule has 0 amide bonds. The fraction of sp³-hybridized carbons (Fsp3) is 0.917. The van der Waals surface area contributed by atoms with Gasteiger partial charge in [-0.25, -0.2) is 0 Å². The lowest BCUT2D eigenvalue weighted by Crippen LogP contribution is -1.82. The van der Waals surface area contributed by atoms with Crippen molar-refractivity contribution in [2.75, 3.05) is 0 Å². The van der Waals surface area contributed by atoms with E-state index in [1.54, 1.807) is 0 Å². The third kappa shape index (κ3) is 21.7. The van der Waals surface area contributed by atoms with Gasteiger partial charge in [-0.1, -0.05) is 129 Å². The van der Waals surface area contributed by atoms with Crippen LogP contribution in [0.4, 0.5) is 0 Å². The van der Waals surface area contributed by atoms with Crippen molar-refractivity contribution in [2.24, 2.45) is 0 Å². The van der Waals surface area contributed by atoms with E-state index < -0.39 is 0 Å². The van der Waals surface area contributed by atoms with Crippen LogP contribution in [0.3, 0.4) is 0 Å². The normalized spacial score (nSPS) is 11.6. The first-order valence-electron chi connectivity index (χ1n) is 11.6. The van der Waals surface area contributed by atoms with E-state index in [1.165, 1.54) is 128 Å². The largest absolute Gasteiger partial charge is 0.0885 e. The molecule has 0 N–H and O–H groups in total. The summed E-state index contributed by atoms with van der Waals surface area (Å²) in [5.41, 5.74) is 0. The third-order valence-corrected chi connectivity index (χ3v) is 5.12. The molecule has 24 heavy (non-hydrogen) atoms. The van der Waals surface area contributed by atoms with Gasteiger partial charge in [-0.15, -0.1) is 0 Å². The Morgan fingerprint density at radius 3 is 0.875 bits per heavy atom. The second-order valence-electron chi connectivity index (χ2n) is 7.71. The maximum atomic E-state index is 2.43. The van der Waals surface area contributed by atoms with Crippen LogP contribution in [0.2, 0.25) is 0 Å². The average Bonchev–Trinajstić information content (AvgIpc) is 2.60. The fourth-order valence-electron chi connectivity index (χ4n) is 3.38. The van der Waals surface area contributed by atoms with E-state index >= 15 is 0 Å². The van der Waals surface area contributed by atoms with Crippen molar-refractivity contribution >= 4 is 0 Å².